The van der Waals surface area contributed by atoms with Crippen LogP contribution in [0.5, 0.6) is 5.75 Å². The van der Waals surface area contributed by atoms with Gasteiger partial charge in [-0.2, -0.15) is 0 Å². The molecule has 1 atom stereocenters. The Balaban J connectivity index is 1.80. The van der Waals surface area contributed by atoms with Crippen LogP contribution in [0.25, 0.3) is 0 Å². The van der Waals surface area contributed by atoms with Crippen LogP contribution in [0.3, 0.4) is 0 Å². The van der Waals surface area contributed by atoms with Crippen molar-refractivity contribution in [1.29, 1.82) is 0 Å². The molecule has 0 aliphatic carbocycles. The van der Waals surface area contributed by atoms with Gasteiger partial charge in [-0.25, -0.2) is 0 Å². The normalized spacial score (nSPS) is 16.4. The van der Waals surface area contributed by atoms with Crippen molar-refractivity contribution in [1.82, 2.24) is 0 Å². The van der Waals surface area contributed by atoms with E-state index in [1.165, 1.54) is 0 Å². The Bertz CT molecular complexity index is 807. The zero-order valence-corrected chi connectivity index (χ0v) is 16.4. The fourth-order valence-electron chi connectivity index (χ4n) is 3.02. The number of anilines is 2. The minimum absolute atomic E-state index is 0.0242. The highest BCUT2D eigenvalue weighted by atomic mass is 32.2. The number of ether oxygens (including phenoxy) is 1. The third-order valence-corrected chi connectivity index (χ3v) is 5.64. The maximum absolute atomic E-state index is 12.5. The minimum atomic E-state index is -0.113. The molecular weight excluding hydrogens is 360 g/mol. The molecule has 1 N–H and O–H groups in total. The fraction of sp³-hybridized carbons (Fsp3) is 0.333. The van der Waals surface area contributed by atoms with Gasteiger partial charge in [-0.1, -0.05) is 25.5 Å². The Kier molecular flexibility index (Phi) is 6.40. The molecule has 1 fully saturated rings. The van der Waals surface area contributed by atoms with Crippen LogP contribution in [0, 0.1) is 0 Å². The topological polar surface area (TPSA) is 58.6 Å². The van der Waals surface area contributed by atoms with E-state index in [2.05, 4.69) is 12.2 Å². The van der Waals surface area contributed by atoms with E-state index in [9.17, 15) is 9.59 Å². The summed E-state index contributed by atoms with van der Waals surface area (Å²) >= 11 is 1.59. The van der Waals surface area contributed by atoms with Crippen LogP contribution in [0.1, 0.15) is 37.1 Å². The SMILES string of the molecule is CCCCC(=O)Nc1cccc([C@@H]2SCC(=O)N2c2ccc(OC)cc2)c1. The van der Waals surface area contributed by atoms with Crippen molar-refractivity contribution >= 4 is 35.0 Å². The van der Waals surface area contributed by atoms with Crippen LogP contribution in [0.2, 0.25) is 0 Å². The van der Waals surface area contributed by atoms with Crippen molar-refractivity contribution in [2.45, 2.75) is 31.6 Å². The number of unbranched alkanes of at least 4 members (excludes halogenated alkanes) is 1. The molecule has 1 aliphatic heterocycles. The van der Waals surface area contributed by atoms with Crippen LogP contribution in [0.4, 0.5) is 11.4 Å². The van der Waals surface area contributed by atoms with E-state index in [1.54, 1.807) is 18.9 Å². The molecule has 0 saturated carbocycles. The van der Waals surface area contributed by atoms with Gasteiger partial charge >= 0.3 is 0 Å². The molecule has 2 amide bonds. The maximum Gasteiger partial charge on any atom is 0.238 e. The van der Waals surface area contributed by atoms with Gasteiger partial charge in [0.15, 0.2) is 0 Å². The first-order valence-corrected chi connectivity index (χ1v) is 10.1. The standard InChI is InChI=1S/C21H24N2O3S/c1-3-4-8-19(24)22-16-7-5-6-15(13-16)21-23(20(25)14-27-21)17-9-11-18(26-2)12-10-17/h5-7,9-13,21H,3-4,8,14H2,1-2H3,(H,22,24)/t21-/m0/s1. The molecule has 5 nitrogen and oxygen atoms in total. The van der Waals surface area contributed by atoms with Crippen LogP contribution in [0.15, 0.2) is 48.5 Å². The number of rotatable bonds is 7. The maximum atomic E-state index is 12.5. The fourth-order valence-corrected chi connectivity index (χ4v) is 4.19. The zero-order chi connectivity index (χ0) is 19.2. The summed E-state index contributed by atoms with van der Waals surface area (Å²) in [4.78, 5) is 26.3. The highest BCUT2D eigenvalue weighted by Crippen LogP contribution is 2.42. The van der Waals surface area contributed by atoms with Gasteiger partial charge in [-0.3, -0.25) is 14.5 Å². The Hall–Kier alpha value is -2.47. The molecule has 142 valence electrons. The Labute approximate surface area is 164 Å². The van der Waals surface area contributed by atoms with E-state index in [-0.39, 0.29) is 17.2 Å². The van der Waals surface area contributed by atoms with Gasteiger partial charge in [-0.15, -0.1) is 11.8 Å². The number of methoxy groups -OCH3 is 1. The third kappa shape index (κ3) is 4.63. The van der Waals surface area contributed by atoms with Crippen molar-refractivity contribution in [3.63, 3.8) is 0 Å². The van der Waals surface area contributed by atoms with Gasteiger partial charge in [-0.05, 0) is 48.4 Å². The summed E-state index contributed by atoms with van der Waals surface area (Å²) in [6.45, 7) is 2.07. The van der Waals surface area contributed by atoms with Crippen LogP contribution < -0.4 is 15.0 Å². The lowest BCUT2D eigenvalue weighted by Gasteiger charge is -2.25. The monoisotopic (exact) mass is 384 g/mol. The molecule has 2 aromatic carbocycles. The van der Waals surface area contributed by atoms with E-state index in [0.717, 1.165) is 35.5 Å². The average molecular weight is 385 g/mol. The average Bonchev–Trinajstić information content (AvgIpc) is 3.08. The molecule has 2 aromatic rings. The summed E-state index contributed by atoms with van der Waals surface area (Å²) < 4.78 is 5.20. The largest absolute Gasteiger partial charge is 0.497 e. The van der Waals surface area contributed by atoms with Gasteiger partial charge in [0.25, 0.3) is 0 Å². The number of thioether (sulfide) groups is 1. The first-order valence-electron chi connectivity index (χ1n) is 9.10. The summed E-state index contributed by atoms with van der Waals surface area (Å²) in [7, 11) is 1.62. The van der Waals surface area contributed by atoms with Gasteiger partial charge in [0.2, 0.25) is 11.8 Å². The van der Waals surface area contributed by atoms with Gasteiger partial charge in [0.1, 0.15) is 11.1 Å². The molecule has 0 unspecified atom stereocenters. The second kappa shape index (κ2) is 8.95. The van der Waals surface area contributed by atoms with Crippen molar-refractivity contribution in [2.75, 3.05) is 23.1 Å². The van der Waals surface area contributed by atoms with E-state index >= 15 is 0 Å². The van der Waals surface area contributed by atoms with E-state index in [4.69, 9.17) is 4.74 Å². The van der Waals surface area contributed by atoms with Crippen molar-refractivity contribution in [3.8, 4) is 5.75 Å². The Morgan fingerprint density at radius 1 is 1.26 bits per heavy atom. The Morgan fingerprint density at radius 2 is 2.04 bits per heavy atom. The molecule has 0 bridgehead atoms. The molecule has 1 saturated heterocycles. The number of hydrogen-bond acceptors (Lipinski definition) is 4. The quantitative estimate of drug-likeness (QED) is 0.758. The highest BCUT2D eigenvalue weighted by molar-refractivity contribution is 8.00. The summed E-state index contributed by atoms with van der Waals surface area (Å²) in [5.74, 6) is 1.29. The number of benzene rings is 2. The zero-order valence-electron chi connectivity index (χ0n) is 15.6. The number of amides is 2. The Morgan fingerprint density at radius 3 is 2.74 bits per heavy atom. The molecule has 1 heterocycles. The first kappa shape index (κ1) is 19.3. The molecule has 6 heteroatoms. The van der Waals surface area contributed by atoms with Crippen LogP contribution in [-0.4, -0.2) is 24.7 Å². The number of carbonyl (C=O) groups excluding carboxylic acids is 2. The van der Waals surface area contributed by atoms with E-state index in [1.807, 2.05) is 53.4 Å². The summed E-state index contributed by atoms with van der Waals surface area (Å²) in [5.41, 5.74) is 2.60. The van der Waals surface area contributed by atoms with Gasteiger partial charge in [0.05, 0.1) is 12.9 Å². The molecule has 0 radical (unpaired) electrons. The number of nitrogens with one attached hydrogen (secondary N) is 1. The van der Waals surface area contributed by atoms with E-state index < -0.39 is 0 Å². The summed E-state index contributed by atoms with van der Waals surface area (Å²) in [6.07, 6.45) is 2.39. The molecule has 0 aromatic heterocycles. The first-order chi connectivity index (χ1) is 13.1. The lowest BCUT2D eigenvalue weighted by Crippen LogP contribution is -2.27. The lowest BCUT2D eigenvalue weighted by atomic mass is 10.1. The predicted molar refractivity (Wildman–Crippen MR) is 110 cm³/mol. The molecule has 0 spiro atoms. The van der Waals surface area contributed by atoms with Crippen molar-refractivity contribution in [3.05, 3.63) is 54.1 Å². The van der Waals surface area contributed by atoms with Crippen LogP contribution >= 0.6 is 11.8 Å². The van der Waals surface area contributed by atoms with Crippen molar-refractivity contribution in [2.24, 2.45) is 0 Å². The second-order valence-electron chi connectivity index (χ2n) is 6.40. The smallest absolute Gasteiger partial charge is 0.238 e. The summed E-state index contributed by atoms with van der Waals surface area (Å²) in [6, 6.07) is 15.2. The number of hydrogen-bond donors (Lipinski definition) is 1. The predicted octanol–water partition coefficient (Wildman–Crippen LogP) is 4.60. The molecular formula is C21H24N2O3S. The van der Waals surface area contributed by atoms with Crippen molar-refractivity contribution < 1.29 is 14.3 Å². The summed E-state index contributed by atoms with van der Waals surface area (Å²) in [5, 5.41) is 2.84. The molecule has 27 heavy (non-hydrogen) atoms. The minimum Gasteiger partial charge on any atom is -0.497 e. The van der Waals surface area contributed by atoms with Gasteiger partial charge < -0.3 is 10.1 Å². The molecule has 3 rings (SSSR count). The number of carbonyl (C=O) groups is 2. The lowest BCUT2D eigenvalue weighted by molar-refractivity contribution is -0.116. The number of nitrogens with zero attached hydrogens (tertiary/aromatic N) is 1. The molecule has 1 aliphatic rings. The second-order valence-corrected chi connectivity index (χ2v) is 7.47. The third-order valence-electron chi connectivity index (χ3n) is 4.43. The van der Waals surface area contributed by atoms with E-state index in [0.29, 0.717) is 12.2 Å². The highest BCUT2D eigenvalue weighted by Gasteiger charge is 2.34. The van der Waals surface area contributed by atoms with Crippen LogP contribution in [-0.2, 0) is 9.59 Å². The van der Waals surface area contributed by atoms with Gasteiger partial charge in [0, 0.05) is 17.8 Å².